The summed E-state index contributed by atoms with van der Waals surface area (Å²) in [5, 5.41) is 0.285. The Hall–Kier alpha value is -3.23. The van der Waals surface area contributed by atoms with Crippen molar-refractivity contribution in [1.29, 1.82) is 0 Å². The highest BCUT2D eigenvalue weighted by Crippen LogP contribution is 2.32. The van der Waals surface area contributed by atoms with E-state index in [1.54, 1.807) is 13.8 Å². The summed E-state index contributed by atoms with van der Waals surface area (Å²) >= 11 is 0. The predicted octanol–water partition coefficient (Wildman–Crippen LogP) is 3.87. The number of cyclic esters (lactones) is 1. The molecule has 0 spiro atoms. The number of nitrogens with zero attached hydrogens (tertiary/aromatic N) is 1. The fraction of sp³-hybridized carbons (Fsp3) is 0.263. The van der Waals surface area contributed by atoms with Crippen molar-refractivity contribution < 1.29 is 37.0 Å². The summed E-state index contributed by atoms with van der Waals surface area (Å²) in [6.07, 6.45) is -1.56. The fourth-order valence-electron chi connectivity index (χ4n) is 2.64. The van der Waals surface area contributed by atoms with E-state index in [0.29, 0.717) is 11.1 Å². The summed E-state index contributed by atoms with van der Waals surface area (Å²) in [6, 6.07) is 4.61. The van der Waals surface area contributed by atoms with Crippen LogP contribution in [0.1, 0.15) is 19.4 Å². The molecule has 0 saturated carbocycles. The quantitative estimate of drug-likeness (QED) is 0.437. The Labute approximate surface area is 157 Å². The Morgan fingerprint density at radius 1 is 1.32 bits per heavy atom. The van der Waals surface area contributed by atoms with Gasteiger partial charge in [-0.25, -0.2) is 9.59 Å². The molecule has 0 bridgehead atoms. The average molecular weight is 395 g/mol. The molecule has 1 atom stereocenters. The van der Waals surface area contributed by atoms with Crippen molar-refractivity contribution in [1.82, 2.24) is 4.57 Å². The van der Waals surface area contributed by atoms with Crippen molar-refractivity contribution in [3.63, 3.8) is 0 Å². The molecule has 6 nitrogen and oxygen atoms in total. The van der Waals surface area contributed by atoms with Crippen molar-refractivity contribution >= 4 is 28.5 Å². The Morgan fingerprint density at radius 2 is 2.07 bits per heavy atom. The SMILES string of the molecule is CCOC(=O)/C(=C/OC1C=C(C)C(=O)O1)n1ccc2cc(C(F)(F)F)ccc21. The largest absolute Gasteiger partial charge is 0.461 e. The van der Waals surface area contributed by atoms with Gasteiger partial charge in [0.2, 0.25) is 0 Å². The summed E-state index contributed by atoms with van der Waals surface area (Å²) in [7, 11) is 0. The monoisotopic (exact) mass is 395 g/mol. The molecule has 1 aromatic carbocycles. The molecule has 0 saturated heterocycles. The van der Waals surface area contributed by atoms with Gasteiger partial charge >= 0.3 is 18.1 Å². The van der Waals surface area contributed by atoms with Gasteiger partial charge in [-0.15, -0.1) is 0 Å². The molecule has 1 unspecified atom stereocenters. The van der Waals surface area contributed by atoms with Crippen LogP contribution in [-0.4, -0.2) is 29.4 Å². The molecule has 1 aliphatic rings. The minimum atomic E-state index is -4.48. The van der Waals surface area contributed by atoms with E-state index in [-0.39, 0.29) is 17.7 Å². The molecule has 0 N–H and O–H groups in total. The van der Waals surface area contributed by atoms with E-state index < -0.39 is 30.0 Å². The molecular formula is C19H16F3NO5. The van der Waals surface area contributed by atoms with Crippen LogP contribution in [0.3, 0.4) is 0 Å². The van der Waals surface area contributed by atoms with Crippen LogP contribution in [0, 0.1) is 0 Å². The van der Waals surface area contributed by atoms with Crippen LogP contribution in [0.2, 0.25) is 0 Å². The lowest BCUT2D eigenvalue weighted by atomic mass is 10.1. The van der Waals surface area contributed by atoms with Crippen LogP contribution in [0.15, 0.2) is 48.4 Å². The highest BCUT2D eigenvalue weighted by atomic mass is 19.4. The molecule has 1 aliphatic heterocycles. The summed E-state index contributed by atoms with van der Waals surface area (Å²) in [5.41, 5.74) is -0.159. The number of carbonyl (C=O) groups is 2. The number of halogens is 3. The lowest BCUT2D eigenvalue weighted by molar-refractivity contribution is -0.152. The molecule has 0 radical (unpaired) electrons. The van der Waals surface area contributed by atoms with Crippen molar-refractivity contribution in [2.45, 2.75) is 26.3 Å². The van der Waals surface area contributed by atoms with Gasteiger partial charge in [-0.3, -0.25) is 0 Å². The van der Waals surface area contributed by atoms with Crippen LogP contribution < -0.4 is 0 Å². The fourth-order valence-corrected chi connectivity index (χ4v) is 2.64. The Morgan fingerprint density at radius 3 is 2.68 bits per heavy atom. The van der Waals surface area contributed by atoms with Gasteiger partial charge in [0.05, 0.1) is 17.7 Å². The van der Waals surface area contributed by atoms with Crippen LogP contribution in [0.4, 0.5) is 13.2 Å². The first-order valence-electron chi connectivity index (χ1n) is 8.31. The van der Waals surface area contributed by atoms with Gasteiger partial charge in [-0.2, -0.15) is 13.2 Å². The molecule has 0 aliphatic carbocycles. The lowest BCUT2D eigenvalue weighted by Crippen LogP contribution is -2.15. The van der Waals surface area contributed by atoms with Crippen molar-refractivity contribution in [2.24, 2.45) is 0 Å². The number of esters is 2. The van der Waals surface area contributed by atoms with E-state index in [1.165, 1.54) is 29.0 Å². The van der Waals surface area contributed by atoms with E-state index >= 15 is 0 Å². The zero-order valence-electron chi connectivity index (χ0n) is 14.9. The summed E-state index contributed by atoms with van der Waals surface area (Å²) in [6.45, 7) is 3.26. The van der Waals surface area contributed by atoms with Crippen molar-refractivity contribution in [3.8, 4) is 0 Å². The van der Waals surface area contributed by atoms with Gasteiger partial charge in [-0.1, -0.05) is 0 Å². The highest BCUT2D eigenvalue weighted by Gasteiger charge is 2.31. The zero-order chi connectivity index (χ0) is 20.5. The Bertz CT molecular complexity index is 987. The first kappa shape index (κ1) is 19.5. The summed E-state index contributed by atoms with van der Waals surface area (Å²) < 4.78 is 55.3. The summed E-state index contributed by atoms with van der Waals surface area (Å²) in [5.74, 6) is -1.29. The maximum atomic E-state index is 12.9. The maximum absolute atomic E-state index is 12.9. The number of ether oxygens (including phenoxy) is 3. The third kappa shape index (κ3) is 3.88. The first-order valence-corrected chi connectivity index (χ1v) is 8.31. The van der Waals surface area contributed by atoms with Crippen molar-refractivity contribution in [3.05, 3.63) is 53.9 Å². The molecule has 2 aromatic rings. The third-order valence-corrected chi connectivity index (χ3v) is 4.01. The number of carbonyl (C=O) groups excluding carboxylic acids is 2. The van der Waals surface area contributed by atoms with Crippen LogP contribution in [0.25, 0.3) is 16.6 Å². The van der Waals surface area contributed by atoms with E-state index in [9.17, 15) is 22.8 Å². The Kier molecular flexibility index (Phi) is 5.17. The minimum Gasteiger partial charge on any atom is -0.461 e. The van der Waals surface area contributed by atoms with Crippen molar-refractivity contribution in [2.75, 3.05) is 6.61 Å². The van der Waals surface area contributed by atoms with Gasteiger partial charge in [0.15, 0.2) is 5.70 Å². The number of rotatable bonds is 5. The van der Waals surface area contributed by atoms with E-state index in [2.05, 4.69) is 0 Å². The third-order valence-electron chi connectivity index (χ3n) is 4.01. The topological polar surface area (TPSA) is 66.8 Å². The molecule has 0 amide bonds. The molecule has 3 rings (SSSR count). The molecule has 148 valence electrons. The molecule has 1 aromatic heterocycles. The van der Waals surface area contributed by atoms with Gasteiger partial charge in [0, 0.05) is 23.2 Å². The highest BCUT2D eigenvalue weighted by molar-refractivity contribution is 6.11. The van der Waals surface area contributed by atoms with Gasteiger partial charge in [0.25, 0.3) is 6.29 Å². The van der Waals surface area contributed by atoms with Gasteiger partial charge < -0.3 is 18.8 Å². The van der Waals surface area contributed by atoms with Gasteiger partial charge in [-0.05, 0) is 38.1 Å². The van der Waals surface area contributed by atoms with Crippen LogP contribution >= 0.6 is 0 Å². The molecule has 28 heavy (non-hydrogen) atoms. The maximum Gasteiger partial charge on any atom is 0.416 e. The Balaban J connectivity index is 1.97. The van der Waals surface area contributed by atoms with Gasteiger partial charge in [0.1, 0.15) is 6.26 Å². The number of fused-ring (bicyclic) bond motifs is 1. The minimum absolute atomic E-state index is 0.0781. The lowest BCUT2D eigenvalue weighted by Gasteiger charge is -2.13. The smallest absolute Gasteiger partial charge is 0.416 e. The average Bonchev–Trinajstić information content (AvgIpc) is 3.18. The van der Waals surface area contributed by atoms with E-state index in [0.717, 1.165) is 18.4 Å². The molecule has 9 heteroatoms. The predicted molar refractivity (Wildman–Crippen MR) is 92.6 cm³/mol. The van der Waals surface area contributed by atoms with Crippen LogP contribution in [-0.2, 0) is 30.0 Å². The second-order valence-corrected chi connectivity index (χ2v) is 5.94. The number of hydrogen-bond donors (Lipinski definition) is 0. The number of benzene rings is 1. The molecule has 0 fully saturated rings. The van der Waals surface area contributed by atoms with E-state index in [1.807, 2.05) is 0 Å². The molecular weight excluding hydrogens is 379 g/mol. The molecule has 2 heterocycles. The number of hydrogen-bond acceptors (Lipinski definition) is 5. The van der Waals surface area contributed by atoms with Crippen LogP contribution in [0.5, 0.6) is 0 Å². The number of aromatic nitrogens is 1. The zero-order valence-corrected chi connectivity index (χ0v) is 14.9. The van der Waals surface area contributed by atoms with E-state index in [4.69, 9.17) is 14.2 Å². The second kappa shape index (κ2) is 7.41. The second-order valence-electron chi connectivity index (χ2n) is 5.94. The summed E-state index contributed by atoms with van der Waals surface area (Å²) in [4.78, 5) is 23.8. The number of alkyl halides is 3. The first-order chi connectivity index (χ1) is 13.2. The standard InChI is InChI=1S/C19H16F3NO5/c1-3-26-18(25)15(10-27-16-8-11(2)17(24)28-16)23-7-6-12-9-13(19(20,21)22)4-5-14(12)23/h4-10,16H,3H2,1-2H3/b15-10-. The normalized spacial score (nSPS) is 17.5.